The summed E-state index contributed by atoms with van der Waals surface area (Å²) >= 11 is 0. The smallest absolute Gasteiger partial charge is 0.236 e. The zero-order valence-electron chi connectivity index (χ0n) is 9.73. The summed E-state index contributed by atoms with van der Waals surface area (Å²) in [6, 6.07) is 3.78. The van der Waals surface area contributed by atoms with Crippen LogP contribution in [0.2, 0.25) is 0 Å². The summed E-state index contributed by atoms with van der Waals surface area (Å²) < 4.78 is 0. The van der Waals surface area contributed by atoms with Gasteiger partial charge in [-0.2, -0.15) is 0 Å². The van der Waals surface area contributed by atoms with Crippen LogP contribution in [0.15, 0.2) is 18.3 Å². The Balaban J connectivity index is 2.83. The molecule has 1 aromatic heterocycles. The van der Waals surface area contributed by atoms with E-state index < -0.39 is 0 Å². The second-order valence-electron chi connectivity index (χ2n) is 3.41. The third kappa shape index (κ3) is 3.42. The van der Waals surface area contributed by atoms with Crippen molar-refractivity contribution in [1.29, 1.82) is 0 Å². The Morgan fingerprint density at radius 1 is 1.56 bits per heavy atom. The zero-order valence-corrected chi connectivity index (χ0v) is 9.73. The second-order valence-corrected chi connectivity index (χ2v) is 3.41. The first-order valence-electron chi connectivity index (χ1n) is 5.40. The molecule has 5 nitrogen and oxygen atoms in total. The average molecular weight is 222 g/mol. The van der Waals surface area contributed by atoms with Crippen LogP contribution in [0.1, 0.15) is 13.8 Å². The summed E-state index contributed by atoms with van der Waals surface area (Å²) in [4.78, 5) is 17.0. The lowest BCUT2D eigenvalue weighted by atomic mass is 10.3. The molecule has 1 rings (SSSR count). The number of aromatic nitrogens is 1. The molecule has 5 heteroatoms. The lowest BCUT2D eigenvalue weighted by molar-refractivity contribution is -0.116. The van der Waals surface area contributed by atoms with E-state index in [1.54, 1.807) is 6.20 Å². The van der Waals surface area contributed by atoms with E-state index in [0.29, 0.717) is 0 Å². The van der Waals surface area contributed by atoms with Gasteiger partial charge in [-0.05, 0) is 19.9 Å². The van der Waals surface area contributed by atoms with Crippen molar-refractivity contribution < 1.29 is 4.79 Å². The number of carbonyl (C=O) groups excluding carboxylic acids is 1. The van der Waals surface area contributed by atoms with Gasteiger partial charge in [0.1, 0.15) is 5.82 Å². The van der Waals surface area contributed by atoms with E-state index in [1.165, 1.54) is 0 Å². The highest BCUT2D eigenvalue weighted by molar-refractivity contribution is 5.79. The number of likely N-dealkylation sites (N-methyl/N-ethyl adjacent to an activating group) is 1. The normalized spacial score (nSPS) is 9.88. The molecule has 16 heavy (non-hydrogen) atoms. The Labute approximate surface area is 95.7 Å². The molecule has 0 saturated heterocycles. The molecule has 0 atom stereocenters. The highest BCUT2D eigenvalue weighted by Crippen LogP contribution is 2.16. The minimum atomic E-state index is -0.330. The first-order chi connectivity index (χ1) is 7.67. The predicted molar refractivity (Wildman–Crippen MR) is 65.5 cm³/mol. The van der Waals surface area contributed by atoms with Crippen molar-refractivity contribution in [2.24, 2.45) is 5.73 Å². The quantitative estimate of drug-likeness (QED) is 0.747. The number of carbonyl (C=O) groups is 1. The third-order valence-electron chi connectivity index (χ3n) is 2.19. The van der Waals surface area contributed by atoms with Crippen LogP contribution in [0.5, 0.6) is 0 Å². The molecule has 0 radical (unpaired) electrons. The molecule has 0 bridgehead atoms. The van der Waals surface area contributed by atoms with Crippen LogP contribution in [0.3, 0.4) is 0 Å². The Bertz CT molecular complexity index is 354. The van der Waals surface area contributed by atoms with Gasteiger partial charge in [0, 0.05) is 31.0 Å². The molecular formula is C11H18N4O. The highest BCUT2D eigenvalue weighted by Gasteiger charge is 2.07. The van der Waals surface area contributed by atoms with Gasteiger partial charge in [-0.1, -0.05) is 0 Å². The lowest BCUT2D eigenvalue weighted by Crippen LogP contribution is -2.33. The summed E-state index contributed by atoms with van der Waals surface area (Å²) in [5.74, 6) is 0.478. The number of rotatable bonds is 6. The summed E-state index contributed by atoms with van der Waals surface area (Å²) in [6.07, 6.45) is 1.72. The average Bonchev–Trinajstić information content (AvgIpc) is 2.26. The topological polar surface area (TPSA) is 71.2 Å². The minimum absolute atomic E-state index is 0.228. The molecule has 0 aliphatic carbocycles. The number of pyridine rings is 1. The maximum atomic E-state index is 10.9. The van der Waals surface area contributed by atoms with Crippen LogP contribution >= 0.6 is 0 Å². The molecule has 1 aromatic rings. The summed E-state index contributed by atoms with van der Waals surface area (Å²) in [7, 11) is 0. The van der Waals surface area contributed by atoms with E-state index in [4.69, 9.17) is 5.73 Å². The minimum Gasteiger partial charge on any atom is -0.370 e. The molecule has 3 N–H and O–H groups in total. The molecule has 0 fully saturated rings. The summed E-state index contributed by atoms with van der Waals surface area (Å²) in [6.45, 7) is 5.77. The SMILES string of the molecule is CCNc1cc(N(CC)CC(N)=O)ccn1. The molecule has 1 heterocycles. The first kappa shape index (κ1) is 12.3. The van der Waals surface area contributed by atoms with Crippen molar-refractivity contribution in [2.75, 3.05) is 29.9 Å². The summed E-state index contributed by atoms with van der Waals surface area (Å²) in [5.41, 5.74) is 6.14. The van der Waals surface area contributed by atoms with Gasteiger partial charge in [-0.3, -0.25) is 4.79 Å². The molecule has 0 aliphatic rings. The van der Waals surface area contributed by atoms with E-state index in [-0.39, 0.29) is 12.5 Å². The van der Waals surface area contributed by atoms with Crippen LogP contribution < -0.4 is 16.0 Å². The maximum absolute atomic E-state index is 10.9. The predicted octanol–water partition coefficient (Wildman–Crippen LogP) is 0.825. The van der Waals surface area contributed by atoms with Crippen molar-refractivity contribution in [3.63, 3.8) is 0 Å². The fourth-order valence-corrected chi connectivity index (χ4v) is 1.47. The van der Waals surface area contributed by atoms with Crippen LogP contribution in [0.4, 0.5) is 11.5 Å². The number of nitrogens with zero attached hydrogens (tertiary/aromatic N) is 2. The molecule has 0 aromatic carbocycles. The number of amides is 1. The van der Waals surface area contributed by atoms with Gasteiger partial charge < -0.3 is 16.0 Å². The van der Waals surface area contributed by atoms with E-state index in [9.17, 15) is 4.79 Å². The molecule has 0 unspecified atom stereocenters. The Morgan fingerprint density at radius 2 is 2.31 bits per heavy atom. The maximum Gasteiger partial charge on any atom is 0.236 e. The number of primary amides is 1. The number of hydrogen-bond acceptors (Lipinski definition) is 4. The van der Waals surface area contributed by atoms with Crippen LogP contribution in [-0.4, -0.2) is 30.5 Å². The van der Waals surface area contributed by atoms with Gasteiger partial charge in [-0.15, -0.1) is 0 Å². The van der Waals surface area contributed by atoms with Gasteiger partial charge in [-0.25, -0.2) is 4.98 Å². The molecule has 0 spiro atoms. The zero-order chi connectivity index (χ0) is 12.0. The largest absolute Gasteiger partial charge is 0.370 e. The van der Waals surface area contributed by atoms with Crippen molar-refractivity contribution in [2.45, 2.75) is 13.8 Å². The van der Waals surface area contributed by atoms with E-state index in [0.717, 1.165) is 24.6 Å². The number of nitrogens with two attached hydrogens (primary N) is 1. The van der Waals surface area contributed by atoms with E-state index in [1.807, 2.05) is 30.9 Å². The van der Waals surface area contributed by atoms with E-state index >= 15 is 0 Å². The number of nitrogens with one attached hydrogen (secondary N) is 1. The highest BCUT2D eigenvalue weighted by atomic mass is 16.1. The molecule has 0 aliphatic heterocycles. The van der Waals surface area contributed by atoms with Gasteiger partial charge >= 0.3 is 0 Å². The van der Waals surface area contributed by atoms with Gasteiger partial charge in [0.05, 0.1) is 6.54 Å². The number of hydrogen-bond donors (Lipinski definition) is 2. The standard InChI is InChI=1S/C11H18N4O/c1-3-13-11-7-9(5-6-14-11)15(4-2)8-10(12)16/h5-7H,3-4,8H2,1-2H3,(H2,12,16)(H,13,14). The fourth-order valence-electron chi connectivity index (χ4n) is 1.47. The van der Waals surface area contributed by atoms with Gasteiger partial charge in [0.2, 0.25) is 5.91 Å². The molecule has 88 valence electrons. The third-order valence-corrected chi connectivity index (χ3v) is 2.19. The Hall–Kier alpha value is -1.78. The molecule has 1 amide bonds. The van der Waals surface area contributed by atoms with Crippen molar-refractivity contribution >= 4 is 17.4 Å². The Kier molecular flexibility index (Phi) is 4.57. The van der Waals surface area contributed by atoms with Crippen LogP contribution in [0.25, 0.3) is 0 Å². The molecule has 0 saturated carbocycles. The van der Waals surface area contributed by atoms with Crippen molar-refractivity contribution in [3.8, 4) is 0 Å². The second kappa shape index (κ2) is 5.95. The van der Waals surface area contributed by atoms with Crippen molar-refractivity contribution in [1.82, 2.24) is 4.98 Å². The van der Waals surface area contributed by atoms with Crippen LogP contribution in [-0.2, 0) is 4.79 Å². The monoisotopic (exact) mass is 222 g/mol. The Morgan fingerprint density at radius 3 is 2.88 bits per heavy atom. The van der Waals surface area contributed by atoms with Gasteiger partial charge in [0.15, 0.2) is 0 Å². The number of anilines is 2. The first-order valence-corrected chi connectivity index (χ1v) is 5.40. The van der Waals surface area contributed by atoms with Crippen LogP contribution in [0, 0.1) is 0 Å². The lowest BCUT2D eigenvalue weighted by Gasteiger charge is -2.21. The molecular weight excluding hydrogens is 204 g/mol. The fraction of sp³-hybridized carbons (Fsp3) is 0.455. The van der Waals surface area contributed by atoms with E-state index in [2.05, 4.69) is 10.3 Å². The van der Waals surface area contributed by atoms with Crippen molar-refractivity contribution in [3.05, 3.63) is 18.3 Å². The summed E-state index contributed by atoms with van der Waals surface area (Å²) in [5, 5.41) is 3.13. The van der Waals surface area contributed by atoms with Gasteiger partial charge in [0.25, 0.3) is 0 Å².